The maximum absolute atomic E-state index is 13.0. The number of hydrogen-bond donors (Lipinski definition) is 1. The quantitative estimate of drug-likeness (QED) is 0.550. The summed E-state index contributed by atoms with van der Waals surface area (Å²) in [6.45, 7) is 2.75. The Labute approximate surface area is 170 Å². The number of oxazole rings is 1. The molecule has 0 spiro atoms. The van der Waals surface area contributed by atoms with Crippen LogP contribution in [0.2, 0.25) is 0 Å². The average molecular weight is 405 g/mol. The molecule has 30 heavy (non-hydrogen) atoms. The van der Waals surface area contributed by atoms with Crippen molar-refractivity contribution in [1.82, 2.24) is 24.6 Å². The van der Waals surface area contributed by atoms with Crippen LogP contribution < -0.4 is 10.2 Å². The van der Waals surface area contributed by atoms with E-state index in [-0.39, 0.29) is 5.91 Å². The summed E-state index contributed by atoms with van der Waals surface area (Å²) >= 11 is 0. The Morgan fingerprint density at radius 2 is 2.07 bits per heavy atom. The number of anilines is 2. The molecule has 2 aliphatic rings. The summed E-state index contributed by atoms with van der Waals surface area (Å²) < 4.78 is 12.9. The minimum atomic E-state index is -0.278. The Morgan fingerprint density at radius 1 is 1.20 bits per heavy atom. The number of nitrogens with one attached hydrogen (secondary N) is 1. The number of aromatic nitrogens is 5. The van der Waals surface area contributed by atoms with Crippen LogP contribution in [0.15, 0.2) is 35.1 Å². The lowest BCUT2D eigenvalue weighted by atomic mass is 10.2. The number of amides is 1. The van der Waals surface area contributed by atoms with Gasteiger partial charge in [-0.2, -0.15) is 10.1 Å². The molecule has 2 fully saturated rings. The largest absolute Gasteiger partial charge is 0.422 e. The molecule has 1 aliphatic heterocycles. The lowest BCUT2D eigenvalue weighted by Crippen LogP contribution is -2.36. The number of pyridine rings is 1. The monoisotopic (exact) mass is 405 g/mol. The van der Waals surface area contributed by atoms with Crippen LogP contribution in [0.25, 0.3) is 16.9 Å². The van der Waals surface area contributed by atoms with E-state index < -0.39 is 0 Å². The van der Waals surface area contributed by atoms with Crippen LogP contribution in [-0.4, -0.2) is 56.8 Å². The van der Waals surface area contributed by atoms with Gasteiger partial charge < -0.3 is 19.4 Å². The average Bonchev–Trinajstić information content (AvgIpc) is 3.39. The summed E-state index contributed by atoms with van der Waals surface area (Å²) in [5.74, 6) is 0.0509. The number of carbonyl (C=O) groups excluding carboxylic acids is 1. The Morgan fingerprint density at radius 3 is 2.90 bits per heavy atom. The van der Waals surface area contributed by atoms with Gasteiger partial charge in [0.25, 0.3) is 11.9 Å². The van der Waals surface area contributed by atoms with Crippen molar-refractivity contribution in [2.75, 3.05) is 36.5 Å². The van der Waals surface area contributed by atoms with Crippen molar-refractivity contribution in [3.05, 3.63) is 42.0 Å². The van der Waals surface area contributed by atoms with E-state index in [1.165, 1.54) is 6.20 Å². The second-order valence-corrected chi connectivity index (χ2v) is 7.51. The van der Waals surface area contributed by atoms with Gasteiger partial charge in [0.2, 0.25) is 5.65 Å². The third kappa shape index (κ3) is 2.96. The number of morpholine rings is 1. The van der Waals surface area contributed by atoms with E-state index in [9.17, 15) is 4.79 Å². The van der Waals surface area contributed by atoms with Gasteiger partial charge in [-0.25, -0.2) is 14.5 Å². The van der Waals surface area contributed by atoms with Gasteiger partial charge in [-0.1, -0.05) is 0 Å². The zero-order valence-electron chi connectivity index (χ0n) is 16.1. The van der Waals surface area contributed by atoms with Crippen LogP contribution in [-0.2, 0) is 4.74 Å². The first-order valence-electron chi connectivity index (χ1n) is 10.00. The maximum atomic E-state index is 13.0. The van der Waals surface area contributed by atoms with E-state index in [0.717, 1.165) is 31.6 Å². The van der Waals surface area contributed by atoms with Crippen molar-refractivity contribution in [2.45, 2.75) is 18.8 Å². The second-order valence-electron chi connectivity index (χ2n) is 7.51. The van der Waals surface area contributed by atoms with E-state index >= 15 is 0 Å². The van der Waals surface area contributed by atoms with Crippen LogP contribution >= 0.6 is 0 Å². The van der Waals surface area contributed by atoms with Crippen molar-refractivity contribution in [1.29, 1.82) is 0 Å². The predicted molar refractivity (Wildman–Crippen MR) is 108 cm³/mol. The summed E-state index contributed by atoms with van der Waals surface area (Å²) in [6, 6.07) is 4.13. The second kappa shape index (κ2) is 6.77. The van der Waals surface area contributed by atoms with Crippen LogP contribution in [0.4, 0.5) is 11.7 Å². The Bertz CT molecular complexity index is 1250. The normalized spacial score (nSPS) is 17.0. The van der Waals surface area contributed by atoms with Crippen molar-refractivity contribution in [3.8, 4) is 0 Å². The Kier molecular flexibility index (Phi) is 3.91. The summed E-state index contributed by atoms with van der Waals surface area (Å²) in [5.41, 5.74) is 3.52. The molecule has 6 rings (SSSR count). The number of ether oxygens (including phenoxy) is 1. The summed E-state index contributed by atoms with van der Waals surface area (Å²) in [7, 11) is 0. The summed E-state index contributed by atoms with van der Waals surface area (Å²) in [5, 5.41) is 7.18. The molecule has 10 heteroatoms. The van der Waals surface area contributed by atoms with Gasteiger partial charge >= 0.3 is 0 Å². The van der Waals surface area contributed by atoms with E-state index in [0.29, 0.717) is 53.3 Å². The fraction of sp³-hybridized carbons (Fsp3) is 0.350. The molecule has 0 aromatic carbocycles. The maximum Gasteiger partial charge on any atom is 0.300 e. The van der Waals surface area contributed by atoms with Crippen molar-refractivity contribution >= 4 is 34.5 Å². The van der Waals surface area contributed by atoms with E-state index in [1.807, 2.05) is 11.0 Å². The third-order valence-corrected chi connectivity index (χ3v) is 5.42. The molecule has 5 heterocycles. The molecule has 152 valence electrons. The van der Waals surface area contributed by atoms with Gasteiger partial charge in [0.1, 0.15) is 5.56 Å². The molecule has 0 radical (unpaired) electrons. The first-order valence-corrected chi connectivity index (χ1v) is 10.00. The SMILES string of the molecule is O=C(Nc1cc2oc(N3CCOCC3)nc2nc1C1CC1)c1cnn2cccnc12. The number of nitrogens with zero attached hydrogens (tertiary/aromatic N) is 6. The van der Waals surface area contributed by atoms with Gasteiger partial charge in [0.05, 0.1) is 30.8 Å². The fourth-order valence-corrected chi connectivity index (χ4v) is 3.70. The highest BCUT2D eigenvalue weighted by Crippen LogP contribution is 2.43. The van der Waals surface area contributed by atoms with E-state index in [2.05, 4.69) is 20.4 Å². The molecular weight excluding hydrogens is 386 g/mol. The highest BCUT2D eigenvalue weighted by Gasteiger charge is 2.30. The van der Waals surface area contributed by atoms with Crippen LogP contribution in [0.5, 0.6) is 0 Å². The highest BCUT2D eigenvalue weighted by atomic mass is 16.5. The topological polar surface area (TPSA) is 111 Å². The van der Waals surface area contributed by atoms with E-state index in [4.69, 9.17) is 14.1 Å². The Balaban J connectivity index is 1.36. The number of fused-ring (bicyclic) bond motifs is 2. The molecule has 0 atom stereocenters. The molecular formula is C20H19N7O3. The highest BCUT2D eigenvalue weighted by molar-refractivity contribution is 6.08. The smallest absolute Gasteiger partial charge is 0.300 e. The lowest BCUT2D eigenvalue weighted by molar-refractivity contribution is 0.102. The minimum absolute atomic E-state index is 0.278. The zero-order valence-corrected chi connectivity index (χ0v) is 16.1. The lowest BCUT2D eigenvalue weighted by Gasteiger charge is -2.24. The molecule has 10 nitrogen and oxygen atoms in total. The number of hydrogen-bond acceptors (Lipinski definition) is 8. The molecule has 1 saturated heterocycles. The summed E-state index contributed by atoms with van der Waals surface area (Å²) in [4.78, 5) is 28.6. The predicted octanol–water partition coefficient (Wildman–Crippen LogP) is 2.23. The molecule has 0 bridgehead atoms. The molecule has 4 aromatic rings. The van der Waals surface area contributed by atoms with Crippen molar-refractivity contribution in [2.24, 2.45) is 0 Å². The Hall–Kier alpha value is -3.53. The molecule has 1 saturated carbocycles. The van der Waals surface area contributed by atoms with E-state index in [1.54, 1.807) is 23.0 Å². The molecule has 1 N–H and O–H groups in total. The van der Waals surface area contributed by atoms with Gasteiger partial charge in [0.15, 0.2) is 11.2 Å². The molecule has 4 aromatic heterocycles. The fourth-order valence-electron chi connectivity index (χ4n) is 3.70. The standard InChI is InChI=1S/C20H19N7O3/c28-19(13-11-22-27-5-1-4-21-18(13)27)23-14-10-15-17(24-16(14)12-2-3-12)25-20(30-15)26-6-8-29-9-7-26/h1,4-5,10-12H,2-3,6-9H2,(H,23,28). The first kappa shape index (κ1) is 17.3. The van der Waals surface area contributed by atoms with Crippen LogP contribution in [0.1, 0.15) is 34.8 Å². The van der Waals surface area contributed by atoms with Gasteiger partial charge in [-0.15, -0.1) is 0 Å². The third-order valence-electron chi connectivity index (χ3n) is 5.42. The summed E-state index contributed by atoms with van der Waals surface area (Å²) in [6.07, 6.45) is 7.01. The van der Waals surface area contributed by atoms with Gasteiger partial charge in [-0.3, -0.25) is 4.79 Å². The number of rotatable bonds is 4. The van der Waals surface area contributed by atoms with Crippen LogP contribution in [0, 0.1) is 0 Å². The number of carbonyl (C=O) groups is 1. The molecule has 0 unspecified atom stereocenters. The first-order chi connectivity index (χ1) is 14.8. The van der Waals surface area contributed by atoms with Crippen LogP contribution in [0.3, 0.4) is 0 Å². The molecule has 1 amide bonds. The van der Waals surface area contributed by atoms with Gasteiger partial charge in [0, 0.05) is 37.5 Å². The minimum Gasteiger partial charge on any atom is -0.422 e. The van der Waals surface area contributed by atoms with Crippen molar-refractivity contribution < 1.29 is 13.9 Å². The van der Waals surface area contributed by atoms with Crippen molar-refractivity contribution in [3.63, 3.8) is 0 Å². The molecule has 1 aliphatic carbocycles. The zero-order chi connectivity index (χ0) is 20.1. The van der Waals surface area contributed by atoms with Gasteiger partial charge in [-0.05, 0) is 18.9 Å².